The van der Waals surface area contributed by atoms with Gasteiger partial charge in [0.1, 0.15) is 5.52 Å². The zero-order valence-corrected chi connectivity index (χ0v) is 40.9. The second-order valence-corrected chi connectivity index (χ2v) is 15.0. The molecule has 6 aromatic carbocycles. The molecule has 0 saturated carbocycles. The predicted octanol–water partition coefficient (Wildman–Crippen LogP) is 11.3. The molecule has 0 spiro atoms. The molecule has 0 aliphatic rings. The molecule has 1 heterocycles. The Morgan fingerprint density at radius 3 is 1.56 bits per heavy atom. The number of nitro groups is 2. The molecule has 70 heavy (non-hydrogen) atoms. The Hall–Kier alpha value is -8.18. The van der Waals surface area contributed by atoms with E-state index in [2.05, 4.69) is 5.16 Å². The highest BCUT2D eigenvalue weighted by Gasteiger charge is 2.24. The molecule has 366 valence electrons. The second-order valence-electron chi connectivity index (χ2n) is 13.7. The van der Waals surface area contributed by atoms with Crippen molar-refractivity contribution in [2.45, 2.75) is 6.42 Å². The van der Waals surface area contributed by atoms with Gasteiger partial charge in [0.05, 0.1) is 84.6 Å². The number of non-ortho nitro benzene ring substituents is 1. The number of nitriles is 1. The molecule has 0 bridgehead atoms. The van der Waals surface area contributed by atoms with Crippen molar-refractivity contribution in [1.82, 2.24) is 5.16 Å². The summed E-state index contributed by atoms with van der Waals surface area (Å²) in [6, 6.07) is 27.5. The van der Waals surface area contributed by atoms with Gasteiger partial charge in [-0.25, -0.2) is 0 Å². The van der Waals surface area contributed by atoms with Gasteiger partial charge in [0.2, 0.25) is 23.0 Å². The van der Waals surface area contributed by atoms with Crippen molar-refractivity contribution in [3.05, 3.63) is 149 Å². The van der Waals surface area contributed by atoms with E-state index in [-0.39, 0.29) is 35.1 Å². The maximum absolute atomic E-state index is 12.7. The maximum Gasteiger partial charge on any atom is 0.352 e. The van der Waals surface area contributed by atoms with Gasteiger partial charge in [-0.15, -0.1) is 0 Å². The number of aromatic nitrogens is 1. The average molecular weight is 1020 g/mol. The Labute approximate surface area is 415 Å². The first-order chi connectivity index (χ1) is 33.5. The number of benzene rings is 6. The van der Waals surface area contributed by atoms with Gasteiger partial charge in [0.15, 0.2) is 34.5 Å². The monoisotopic (exact) mass is 1020 g/mol. The number of nitrogens with two attached hydrogens (primary N) is 1. The molecule has 7 aromatic rings. The van der Waals surface area contributed by atoms with E-state index in [4.69, 9.17) is 88.2 Å². The summed E-state index contributed by atoms with van der Waals surface area (Å²) in [5.74, 6) is 3.32. The van der Waals surface area contributed by atoms with Crippen LogP contribution in [0.4, 0.5) is 17.1 Å². The third-order valence-electron chi connectivity index (χ3n) is 9.60. The molecule has 1 aromatic heterocycles. The first-order valence-corrected chi connectivity index (χ1v) is 21.1. The lowest BCUT2D eigenvalue weighted by molar-refractivity contribution is -0.386. The van der Waals surface area contributed by atoms with Crippen molar-refractivity contribution in [3.8, 4) is 63.4 Å². The van der Waals surface area contributed by atoms with Crippen molar-refractivity contribution in [2.75, 3.05) is 62.6 Å². The number of hydrogen-bond donors (Lipinski definition) is 1. The fourth-order valence-electron chi connectivity index (χ4n) is 6.31. The Kier molecular flexibility index (Phi) is 20.1. The Bertz CT molecular complexity index is 2940. The summed E-state index contributed by atoms with van der Waals surface area (Å²) < 4.78 is 47.0. The number of carbonyl (C=O) groups excluding carboxylic acids is 1. The van der Waals surface area contributed by atoms with Crippen molar-refractivity contribution in [3.63, 3.8) is 0 Å². The van der Waals surface area contributed by atoms with Crippen LogP contribution in [0.15, 0.2) is 102 Å². The Morgan fingerprint density at radius 2 is 1.10 bits per heavy atom. The minimum atomic E-state index is -0.576. The lowest BCUT2D eigenvalue weighted by atomic mass is 10.0. The first-order valence-electron chi connectivity index (χ1n) is 19.9. The van der Waals surface area contributed by atoms with Crippen LogP contribution in [-0.4, -0.2) is 77.7 Å². The molecule has 2 N–H and O–H groups in total. The highest BCUT2D eigenvalue weighted by Crippen LogP contribution is 2.43. The van der Waals surface area contributed by atoms with Crippen LogP contribution in [0.3, 0.4) is 0 Å². The van der Waals surface area contributed by atoms with Gasteiger partial charge in [-0.3, -0.25) is 25.0 Å². The molecule has 0 fully saturated rings. The van der Waals surface area contributed by atoms with Gasteiger partial charge in [-0.1, -0.05) is 40.0 Å². The van der Waals surface area contributed by atoms with Gasteiger partial charge in [0, 0.05) is 49.6 Å². The molecule has 19 nitrogen and oxygen atoms in total. The number of methoxy groups -OCH3 is 8. The van der Waals surface area contributed by atoms with E-state index in [9.17, 15) is 25.0 Å². The molecular weight excluding hydrogens is 977 g/mol. The van der Waals surface area contributed by atoms with E-state index in [1.54, 1.807) is 51.7 Å². The van der Waals surface area contributed by atoms with Crippen LogP contribution in [0.2, 0.25) is 15.1 Å². The SMILES string of the molecule is COc1cc(-c2onc3ccc(Cl)cc23)cc(OC)c1OC.COc1cc(C(=O)c2cc(Cl)ccc2N)cc(OC)c1OC.COc1cc(CC#N)cc(OC)c1[N+](=O)[O-].O=[N+]([O-])c1ccc(Cl)cc1. The molecule has 22 heteroatoms. The molecule has 7 rings (SSSR count). The molecule has 0 aliphatic heterocycles. The number of rotatable bonds is 14. The smallest absolute Gasteiger partial charge is 0.352 e. The second kappa shape index (κ2) is 25.8. The van der Waals surface area contributed by atoms with Gasteiger partial charge in [-0.05, 0) is 90.5 Å². The minimum Gasteiger partial charge on any atom is -0.493 e. The van der Waals surface area contributed by atoms with E-state index in [0.29, 0.717) is 77.7 Å². The number of ketones is 1. The van der Waals surface area contributed by atoms with E-state index in [0.717, 1.165) is 16.5 Å². The van der Waals surface area contributed by atoms with E-state index >= 15 is 0 Å². The lowest BCUT2D eigenvalue weighted by Crippen LogP contribution is -2.07. The lowest BCUT2D eigenvalue weighted by Gasteiger charge is -2.14. The number of fused-ring (bicyclic) bond motifs is 1. The van der Waals surface area contributed by atoms with Crippen molar-refractivity contribution >= 4 is 68.6 Å². The van der Waals surface area contributed by atoms with E-state index in [1.807, 2.05) is 30.3 Å². The molecule has 0 unspecified atom stereocenters. The minimum absolute atomic E-state index is 0.0596. The summed E-state index contributed by atoms with van der Waals surface area (Å²) in [5.41, 5.74) is 8.83. The normalized spacial score (nSPS) is 10.0. The summed E-state index contributed by atoms with van der Waals surface area (Å²) in [6.45, 7) is 0. The van der Waals surface area contributed by atoms with Crippen molar-refractivity contribution in [1.29, 1.82) is 5.26 Å². The van der Waals surface area contributed by atoms with Gasteiger partial charge >= 0.3 is 5.69 Å². The fourth-order valence-corrected chi connectivity index (χ4v) is 6.78. The highest BCUT2D eigenvalue weighted by atomic mass is 35.5. The summed E-state index contributed by atoms with van der Waals surface area (Å²) in [6.07, 6.45) is 0.144. The average Bonchev–Trinajstić information content (AvgIpc) is 3.79. The Morgan fingerprint density at radius 1 is 0.629 bits per heavy atom. The maximum atomic E-state index is 12.7. The van der Waals surface area contributed by atoms with Crippen LogP contribution in [0.1, 0.15) is 21.5 Å². The number of nitrogens with zero attached hydrogens (tertiary/aromatic N) is 4. The number of nitro benzene ring substituents is 2. The number of nitrogen functional groups attached to an aromatic ring is 1. The van der Waals surface area contributed by atoms with E-state index in [1.165, 1.54) is 78.0 Å². The topological polar surface area (TPSA) is 253 Å². The molecule has 0 amide bonds. The molecule has 0 atom stereocenters. The van der Waals surface area contributed by atoms with Crippen molar-refractivity contribution in [2.24, 2.45) is 0 Å². The number of hydrogen-bond acceptors (Lipinski definition) is 17. The molecule has 0 saturated heterocycles. The Balaban J connectivity index is 0.000000211. The number of anilines is 1. The van der Waals surface area contributed by atoms with Crippen LogP contribution >= 0.6 is 34.8 Å². The molecule has 0 radical (unpaired) electrons. The zero-order chi connectivity index (χ0) is 51.7. The highest BCUT2D eigenvalue weighted by molar-refractivity contribution is 6.32. The summed E-state index contributed by atoms with van der Waals surface area (Å²) in [7, 11) is 11.8. The molecular formula is C48H44Cl3N5O14. The third-order valence-corrected chi connectivity index (χ3v) is 10.3. The van der Waals surface area contributed by atoms with Gasteiger partial charge in [0.25, 0.3) is 5.69 Å². The van der Waals surface area contributed by atoms with Crippen LogP contribution < -0.4 is 43.6 Å². The number of ether oxygens (including phenoxy) is 8. The van der Waals surface area contributed by atoms with E-state index < -0.39 is 9.85 Å². The van der Waals surface area contributed by atoms with Crippen molar-refractivity contribution < 1.29 is 57.1 Å². The quantitative estimate of drug-likeness (QED) is 0.0460. The fraction of sp³-hybridized carbons (Fsp3) is 0.188. The van der Waals surface area contributed by atoms with Crippen LogP contribution in [0.25, 0.3) is 22.2 Å². The van der Waals surface area contributed by atoms with Crippen LogP contribution in [0, 0.1) is 31.6 Å². The van der Waals surface area contributed by atoms with Crippen LogP contribution in [0.5, 0.6) is 46.0 Å². The number of carbonyl (C=O) groups is 1. The summed E-state index contributed by atoms with van der Waals surface area (Å²) in [4.78, 5) is 32.5. The molecule has 0 aliphatic carbocycles. The summed E-state index contributed by atoms with van der Waals surface area (Å²) in [5, 5.41) is 35.9. The zero-order valence-electron chi connectivity index (χ0n) is 38.7. The standard InChI is InChI=1S/C16H14ClNO4.C16H16ClNO4.C10H10N2O4.C6H4ClNO2/c1-19-13-6-9(7-14(20-2)16(13)21-3)15-11-8-10(17)4-5-12(11)18-22-15;1-20-13-6-9(7-14(21-2)16(13)22-3)15(19)11-8-10(17)4-5-12(11)18;1-15-8-5-7(3-4-11)6-9(16-2)10(8)12(13)14;7-5-1-3-6(4-2-5)8(9)10/h4-8H,1-3H3;4-8H,18H2,1-3H3;5-6H,3H2,1-2H3;1-4H. The van der Waals surface area contributed by atoms with Gasteiger partial charge < -0.3 is 48.2 Å². The van der Waals surface area contributed by atoms with Gasteiger partial charge in [-0.2, -0.15) is 5.26 Å². The van der Waals surface area contributed by atoms with Crippen LogP contribution in [-0.2, 0) is 6.42 Å². The third kappa shape index (κ3) is 13.5. The predicted molar refractivity (Wildman–Crippen MR) is 263 cm³/mol. The summed E-state index contributed by atoms with van der Waals surface area (Å²) >= 11 is 17.5. The first kappa shape index (κ1) is 54.4. The largest absolute Gasteiger partial charge is 0.493 e. The number of halogens is 3.